The predicted octanol–water partition coefficient (Wildman–Crippen LogP) is 3.46. The van der Waals surface area contributed by atoms with Crippen molar-refractivity contribution in [1.82, 2.24) is 25.3 Å². The van der Waals surface area contributed by atoms with Crippen LogP contribution in [0.2, 0.25) is 0 Å². The number of carbonyl (C=O) groups excluding carboxylic acids is 3. The number of carbonyl (C=O) groups is 4. The van der Waals surface area contributed by atoms with Crippen LogP contribution in [0.25, 0.3) is 0 Å². The Labute approximate surface area is 456 Å². The second kappa shape index (κ2) is 29.6. The fourth-order valence-electron chi connectivity index (χ4n) is 11.6. The van der Waals surface area contributed by atoms with Gasteiger partial charge >= 0.3 is 18.1 Å². The zero-order chi connectivity index (χ0) is 57.6. The third kappa shape index (κ3) is 17.9. The predicted molar refractivity (Wildman–Crippen MR) is 284 cm³/mol. The SMILES string of the molecule is CC[C@H]1OC(=O)[C@H](C)[C@@H](O[C@H]2C[C@@](C)(OC)[C@@H](O)[C@H](C)O2)[C@H](C)[C@@H](O[C@@H]2O[C@H](C)C[C@H](N(C)C)[C@H]2O)[C@](C)(O)C[C@@H](C)CN(CCCNC(=O)NC2CCN(C(=O)OCc3ccccc3)CC2)[C@H](C)[C@@H](O)[C@]1(C)O.O=CO. The van der Waals surface area contributed by atoms with Crippen LogP contribution in [0.1, 0.15) is 120 Å². The van der Waals surface area contributed by atoms with E-state index in [1.165, 1.54) is 14.0 Å². The molecule has 1 aromatic rings. The van der Waals surface area contributed by atoms with Gasteiger partial charge in [0.15, 0.2) is 12.6 Å². The number of rotatable bonds is 14. The Bertz CT molecular complexity index is 1960. The van der Waals surface area contributed by atoms with Crippen molar-refractivity contribution >= 4 is 24.6 Å². The van der Waals surface area contributed by atoms with Gasteiger partial charge in [-0.1, -0.05) is 51.1 Å². The molecule has 22 heteroatoms. The van der Waals surface area contributed by atoms with Crippen molar-refractivity contribution in [1.29, 1.82) is 0 Å². The van der Waals surface area contributed by atoms with Crippen molar-refractivity contribution in [3.63, 3.8) is 0 Å². The molecule has 1 aromatic carbocycles. The maximum Gasteiger partial charge on any atom is 0.410 e. The number of methoxy groups -OCH3 is 1. The molecular weight excluding hydrogens is 1000 g/mol. The summed E-state index contributed by atoms with van der Waals surface area (Å²) in [6.07, 6.45) is -8.02. The van der Waals surface area contributed by atoms with Crippen LogP contribution in [0.4, 0.5) is 9.59 Å². The third-order valence-electron chi connectivity index (χ3n) is 16.2. The molecule has 0 aliphatic carbocycles. The van der Waals surface area contributed by atoms with Crippen molar-refractivity contribution in [3.05, 3.63) is 35.9 Å². The van der Waals surface area contributed by atoms with Crippen LogP contribution in [-0.4, -0.2) is 220 Å². The van der Waals surface area contributed by atoms with E-state index in [0.717, 1.165) is 5.56 Å². The summed E-state index contributed by atoms with van der Waals surface area (Å²) in [4.78, 5) is 54.4. The number of likely N-dealkylation sites (tertiary alicyclic amines) is 1. The molecule has 3 amide bonds. The van der Waals surface area contributed by atoms with Crippen molar-refractivity contribution in [3.8, 4) is 0 Å². The van der Waals surface area contributed by atoms with E-state index >= 15 is 0 Å². The highest BCUT2D eigenvalue weighted by Crippen LogP contribution is 2.40. The summed E-state index contributed by atoms with van der Waals surface area (Å²) < 4.78 is 43.6. The summed E-state index contributed by atoms with van der Waals surface area (Å²) in [5, 5.41) is 73.0. The molecule has 0 aromatic heterocycles. The molecule has 4 saturated heterocycles. The molecule has 442 valence electrons. The number of aliphatic hydroxyl groups excluding tert-OH is 3. The lowest BCUT2D eigenvalue weighted by Crippen LogP contribution is -2.60. The van der Waals surface area contributed by atoms with Gasteiger partial charge < -0.3 is 84.2 Å². The summed E-state index contributed by atoms with van der Waals surface area (Å²) >= 11 is 0. The van der Waals surface area contributed by atoms with Crippen LogP contribution in [0, 0.1) is 17.8 Å². The number of esters is 1. The summed E-state index contributed by atoms with van der Waals surface area (Å²) in [5.41, 5.74) is -3.79. The minimum absolute atomic E-state index is 0.0901. The van der Waals surface area contributed by atoms with Crippen LogP contribution in [0.5, 0.6) is 0 Å². The Morgan fingerprint density at radius 2 is 1.57 bits per heavy atom. The highest BCUT2D eigenvalue weighted by molar-refractivity contribution is 5.74. The first-order valence-electron chi connectivity index (χ1n) is 27.5. The second-order valence-electron chi connectivity index (χ2n) is 22.9. The Balaban J connectivity index is 0.00000416. The Morgan fingerprint density at radius 3 is 2.17 bits per heavy atom. The number of cyclic esters (lactones) is 1. The van der Waals surface area contributed by atoms with E-state index in [2.05, 4.69) is 10.6 Å². The van der Waals surface area contributed by atoms with Gasteiger partial charge in [-0.25, -0.2) is 9.59 Å². The van der Waals surface area contributed by atoms with Gasteiger partial charge in [0.1, 0.15) is 36.6 Å². The number of piperidine rings is 1. The van der Waals surface area contributed by atoms with Crippen LogP contribution >= 0.6 is 0 Å². The molecule has 22 nitrogen and oxygen atoms in total. The molecule has 5 rings (SSSR count). The lowest BCUT2D eigenvalue weighted by Gasteiger charge is -2.48. The van der Waals surface area contributed by atoms with Crippen LogP contribution in [-0.2, 0) is 49.4 Å². The van der Waals surface area contributed by atoms with Crippen LogP contribution < -0.4 is 10.6 Å². The van der Waals surface area contributed by atoms with Gasteiger partial charge in [0, 0.05) is 70.3 Å². The summed E-state index contributed by atoms with van der Waals surface area (Å²) in [5.74, 6) is -2.94. The highest BCUT2D eigenvalue weighted by atomic mass is 16.7. The first-order chi connectivity index (χ1) is 36.1. The monoisotopic (exact) mass is 1100 g/mol. The van der Waals surface area contributed by atoms with E-state index < -0.39 is 96.0 Å². The van der Waals surface area contributed by atoms with Gasteiger partial charge in [-0.05, 0) is 113 Å². The summed E-state index contributed by atoms with van der Waals surface area (Å²) in [6.45, 7) is 19.2. The fourth-order valence-corrected chi connectivity index (χ4v) is 11.6. The topological polar surface area (TPSA) is 288 Å². The number of benzene rings is 1. The second-order valence-corrected chi connectivity index (χ2v) is 22.9. The fraction of sp³-hybridized carbons (Fsp3) is 0.818. The molecule has 8 N–H and O–H groups in total. The number of amides is 3. The molecule has 4 aliphatic rings. The van der Waals surface area contributed by atoms with Gasteiger partial charge in [0.25, 0.3) is 6.47 Å². The molecule has 18 atom stereocenters. The van der Waals surface area contributed by atoms with Crippen molar-refractivity contribution in [2.24, 2.45) is 17.8 Å². The number of hydrogen-bond acceptors (Lipinski definition) is 18. The molecule has 77 heavy (non-hydrogen) atoms. The van der Waals surface area contributed by atoms with E-state index in [9.17, 15) is 39.9 Å². The number of ether oxygens (including phenoxy) is 7. The maximum atomic E-state index is 14.6. The minimum atomic E-state index is -1.94. The van der Waals surface area contributed by atoms with Crippen molar-refractivity contribution in [2.75, 3.05) is 53.9 Å². The third-order valence-corrected chi connectivity index (χ3v) is 16.2. The Hall–Kier alpha value is -3.78. The summed E-state index contributed by atoms with van der Waals surface area (Å²) in [7, 11) is 5.24. The molecule has 0 saturated carbocycles. The standard InChI is InChI=1S/C54H93N5O15.CH2O2/c1-14-41-54(10,67)45(61)36(6)59(24-18-23-55-50(64)56-39-21-25-58(26-22-39)51(65)69-31-38-19-16-15-17-20-38)30-32(2)28-52(8,66)47(74-49-43(60)40(57(11)12)27-33(3)70-49)34(4)44(35(5)48(63)72-41)73-42-29-53(9,68-13)46(62)37(7)71-42;2-1-3/h15-17,19-20,32-37,39-47,49,60-62,66-67H,14,18,21-31H2,1-13H3,(H2,55,56,64);1H,(H,2,3)/t32-,33-,34+,35-,36-,37+,40+,41-,42+,43-,44+,45-,46+,47-,49+,52-,53-,54-;/m1./s1. The smallest absolute Gasteiger partial charge is 0.410 e. The van der Waals surface area contributed by atoms with Gasteiger partial charge in [-0.2, -0.15) is 0 Å². The zero-order valence-corrected chi connectivity index (χ0v) is 47.9. The highest BCUT2D eigenvalue weighted by Gasteiger charge is 2.53. The number of nitrogens with one attached hydrogen (secondary N) is 2. The average molecular weight is 1100 g/mol. The van der Waals surface area contributed by atoms with E-state index in [1.54, 1.807) is 53.4 Å². The molecule has 4 heterocycles. The molecular formula is C55H95N5O17. The number of nitrogens with zero attached hydrogens (tertiary/aromatic N) is 3. The van der Waals surface area contributed by atoms with Crippen LogP contribution in [0.3, 0.4) is 0 Å². The van der Waals surface area contributed by atoms with Crippen LogP contribution in [0.15, 0.2) is 30.3 Å². The summed E-state index contributed by atoms with van der Waals surface area (Å²) in [6, 6.07) is 7.96. The maximum absolute atomic E-state index is 14.6. The minimum Gasteiger partial charge on any atom is -0.483 e. The molecule has 0 unspecified atom stereocenters. The first kappa shape index (κ1) is 65.7. The largest absolute Gasteiger partial charge is 0.483 e. The van der Waals surface area contributed by atoms with Crippen molar-refractivity contribution in [2.45, 2.75) is 217 Å². The number of hydrogen-bond donors (Lipinski definition) is 8. The number of urea groups is 1. The normalized spacial score (nSPS) is 38.2. The molecule has 4 aliphatic heterocycles. The Kier molecular flexibility index (Phi) is 25.3. The van der Waals surface area contributed by atoms with E-state index in [4.69, 9.17) is 43.1 Å². The van der Waals surface area contributed by atoms with E-state index in [-0.39, 0.29) is 75.1 Å². The number of likely N-dealkylation sites (N-methyl/N-ethyl adjacent to an activating group) is 1. The van der Waals surface area contributed by atoms with Gasteiger partial charge in [-0.3, -0.25) is 14.5 Å². The van der Waals surface area contributed by atoms with Gasteiger partial charge in [0.2, 0.25) is 0 Å². The molecule has 0 radical (unpaired) electrons. The van der Waals surface area contributed by atoms with Gasteiger partial charge in [0.05, 0.1) is 41.5 Å². The molecule has 0 bridgehead atoms. The average Bonchev–Trinajstić information content (AvgIpc) is 3.38. The Morgan fingerprint density at radius 1 is 0.935 bits per heavy atom. The number of aliphatic hydroxyl groups is 5. The molecule has 4 fully saturated rings. The van der Waals surface area contributed by atoms with E-state index in [0.29, 0.717) is 51.9 Å². The zero-order valence-electron chi connectivity index (χ0n) is 47.9. The number of carboxylic acid groups (broad SMARTS) is 1. The van der Waals surface area contributed by atoms with Gasteiger partial charge in [-0.15, -0.1) is 0 Å². The lowest BCUT2D eigenvalue weighted by molar-refractivity contribution is -0.318. The first-order valence-corrected chi connectivity index (χ1v) is 27.5. The quantitative estimate of drug-likeness (QED) is 0.0752. The van der Waals surface area contributed by atoms with Crippen molar-refractivity contribution < 1.29 is 83.0 Å². The lowest BCUT2D eigenvalue weighted by atomic mass is 9.77. The van der Waals surface area contributed by atoms with E-state index in [1.807, 2.05) is 68.1 Å². The molecule has 0 spiro atoms.